The third-order valence-corrected chi connectivity index (χ3v) is 4.77. The summed E-state index contributed by atoms with van der Waals surface area (Å²) < 4.78 is 0.943. The zero-order chi connectivity index (χ0) is 18.0. The molecule has 0 unspecified atom stereocenters. The molecule has 1 atom stereocenters. The molecule has 0 spiro atoms. The predicted octanol–water partition coefficient (Wildman–Crippen LogP) is 2.84. The Morgan fingerprint density at radius 3 is 2.72 bits per heavy atom. The van der Waals surface area contributed by atoms with Crippen LogP contribution in [0.1, 0.15) is 22.3 Å². The Kier molecular flexibility index (Phi) is 4.85. The molecule has 0 saturated heterocycles. The monoisotopic (exact) mass is 401 g/mol. The van der Waals surface area contributed by atoms with Crippen molar-refractivity contribution in [3.05, 3.63) is 58.1 Å². The standard InChI is InChI=1S/C18H16BrN3O3/c1-10-8-11(6-7-13(10)19)20-16(23)9-15-18(25)21-14-5-3-2-4-12(14)17(24)22-15/h2-8,15H,9H2,1H3,(H,20,23)(H,21,25)(H,22,24)/t15-/m1/s1. The zero-order valence-corrected chi connectivity index (χ0v) is 15.0. The second-order valence-electron chi connectivity index (χ2n) is 5.78. The van der Waals surface area contributed by atoms with E-state index in [1.807, 2.05) is 19.1 Å². The Bertz CT molecular complexity index is 866. The van der Waals surface area contributed by atoms with E-state index in [-0.39, 0.29) is 18.2 Å². The minimum Gasteiger partial charge on any atom is -0.340 e. The molecule has 3 amide bonds. The highest BCUT2D eigenvalue weighted by atomic mass is 79.9. The Labute approximate surface area is 153 Å². The zero-order valence-electron chi connectivity index (χ0n) is 13.4. The lowest BCUT2D eigenvalue weighted by molar-refractivity contribution is -0.122. The largest absolute Gasteiger partial charge is 0.340 e. The van der Waals surface area contributed by atoms with E-state index in [9.17, 15) is 14.4 Å². The molecular weight excluding hydrogens is 386 g/mol. The van der Waals surface area contributed by atoms with Gasteiger partial charge in [-0.3, -0.25) is 14.4 Å². The molecule has 6 nitrogen and oxygen atoms in total. The maximum Gasteiger partial charge on any atom is 0.254 e. The number of amides is 3. The number of carbonyl (C=O) groups excluding carboxylic acids is 3. The Morgan fingerprint density at radius 2 is 1.96 bits per heavy atom. The molecule has 2 aromatic rings. The number of carbonyl (C=O) groups is 3. The van der Waals surface area contributed by atoms with Crippen LogP contribution in [0, 0.1) is 6.92 Å². The average Bonchev–Trinajstić information content (AvgIpc) is 2.68. The van der Waals surface area contributed by atoms with Crippen LogP contribution in [0.5, 0.6) is 0 Å². The fourth-order valence-corrected chi connectivity index (χ4v) is 2.82. The van der Waals surface area contributed by atoms with Gasteiger partial charge in [-0.15, -0.1) is 0 Å². The molecule has 3 rings (SSSR count). The third kappa shape index (κ3) is 3.88. The van der Waals surface area contributed by atoms with Gasteiger partial charge in [0, 0.05) is 10.2 Å². The number of nitrogens with one attached hydrogen (secondary N) is 3. The quantitative estimate of drug-likeness (QED) is 0.738. The van der Waals surface area contributed by atoms with E-state index in [1.54, 1.807) is 30.3 Å². The summed E-state index contributed by atoms with van der Waals surface area (Å²) in [5, 5.41) is 8.03. The summed E-state index contributed by atoms with van der Waals surface area (Å²) in [6.07, 6.45) is -0.152. The molecule has 1 aliphatic rings. The van der Waals surface area contributed by atoms with Crippen molar-refractivity contribution >= 4 is 45.0 Å². The highest BCUT2D eigenvalue weighted by Crippen LogP contribution is 2.21. The van der Waals surface area contributed by atoms with Gasteiger partial charge in [-0.2, -0.15) is 0 Å². The molecule has 0 radical (unpaired) electrons. The number of hydrogen-bond donors (Lipinski definition) is 3. The summed E-state index contributed by atoms with van der Waals surface area (Å²) in [5.74, 6) is -1.15. The molecular formula is C18H16BrN3O3. The minimum atomic E-state index is -0.934. The van der Waals surface area contributed by atoms with E-state index in [0.29, 0.717) is 16.9 Å². The molecule has 25 heavy (non-hydrogen) atoms. The van der Waals surface area contributed by atoms with Crippen molar-refractivity contribution in [2.45, 2.75) is 19.4 Å². The summed E-state index contributed by atoms with van der Waals surface area (Å²) in [6.45, 7) is 1.91. The molecule has 1 heterocycles. The van der Waals surface area contributed by atoms with Gasteiger partial charge in [-0.05, 0) is 42.8 Å². The number of aryl methyl sites for hydroxylation is 1. The topological polar surface area (TPSA) is 87.3 Å². The maximum atomic E-state index is 12.3. The summed E-state index contributed by atoms with van der Waals surface area (Å²) in [4.78, 5) is 36.8. The molecule has 2 aromatic carbocycles. The van der Waals surface area contributed by atoms with Gasteiger partial charge in [-0.25, -0.2) is 0 Å². The predicted molar refractivity (Wildman–Crippen MR) is 98.5 cm³/mol. The highest BCUT2D eigenvalue weighted by Gasteiger charge is 2.29. The van der Waals surface area contributed by atoms with E-state index in [0.717, 1.165) is 10.0 Å². The van der Waals surface area contributed by atoms with Gasteiger partial charge in [0.1, 0.15) is 6.04 Å². The van der Waals surface area contributed by atoms with Crippen molar-refractivity contribution in [1.29, 1.82) is 0 Å². The number of rotatable bonds is 3. The number of anilines is 2. The average molecular weight is 402 g/mol. The molecule has 0 fully saturated rings. The lowest BCUT2D eigenvalue weighted by Crippen LogP contribution is -2.43. The molecule has 3 N–H and O–H groups in total. The van der Waals surface area contributed by atoms with Crippen molar-refractivity contribution in [2.75, 3.05) is 10.6 Å². The van der Waals surface area contributed by atoms with Crippen LogP contribution < -0.4 is 16.0 Å². The van der Waals surface area contributed by atoms with Crippen molar-refractivity contribution in [2.24, 2.45) is 0 Å². The summed E-state index contributed by atoms with van der Waals surface area (Å²) in [6, 6.07) is 11.2. The van der Waals surface area contributed by atoms with Crippen molar-refractivity contribution in [3.63, 3.8) is 0 Å². The minimum absolute atomic E-state index is 0.152. The van der Waals surface area contributed by atoms with Crippen molar-refractivity contribution in [3.8, 4) is 0 Å². The molecule has 0 aromatic heterocycles. The third-order valence-electron chi connectivity index (χ3n) is 3.88. The first-order valence-electron chi connectivity index (χ1n) is 7.71. The molecule has 1 aliphatic heterocycles. The Hall–Kier alpha value is -2.67. The highest BCUT2D eigenvalue weighted by molar-refractivity contribution is 9.10. The van der Waals surface area contributed by atoms with E-state index in [1.165, 1.54) is 0 Å². The van der Waals surface area contributed by atoms with Gasteiger partial charge in [0.25, 0.3) is 5.91 Å². The van der Waals surface area contributed by atoms with Gasteiger partial charge < -0.3 is 16.0 Å². The van der Waals surface area contributed by atoms with E-state index in [4.69, 9.17) is 0 Å². The van der Waals surface area contributed by atoms with Crippen molar-refractivity contribution in [1.82, 2.24) is 5.32 Å². The number of benzene rings is 2. The van der Waals surface area contributed by atoms with Gasteiger partial charge in [0.15, 0.2) is 0 Å². The van der Waals surface area contributed by atoms with Gasteiger partial charge >= 0.3 is 0 Å². The molecule has 0 saturated carbocycles. The molecule has 0 aliphatic carbocycles. The van der Waals surface area contributed by atoms with Crippen molar-refractivity contribution < 1.29 is 14.4 Å². The summed E-state index contributed by atoms with van der Waals surface area (Å²) in [5.41, 5.74) is 2.43. The fourth-order valence-electron chi connectivity index (χ4n) is 2.58. The van der Waals surface area contributed by atoms with Crippen LogP contribution in [0.2, 0.25) is 0 Å². The first-order valence-corrected chi connectivity index (χ1v) is 8.50. The second kappa shape index (κ2) is 7.06. The molecule has 0 bridgehead atoms. The van der Waals surface area contributed by atoms with Crippen LogP contribution in [-0.4, -0.2) is 23.8 Å². The molecule has 7 heteroatoms. The van der Waals surface area contributed by atoms with E-state index >= 15 is 0 Å². The van der Waals surface area contributed by atoms with Crippen LogP contribution in [-0.2, 0) is 9.59 Å². The summed E-state index contributed by atoms with van der Waals surface area (Å²) >= 11 is 3.40. The number of para-hydroxylation sites is 1. The maximum absolute atomic E-state index is 12.3. The Balaban J connectivity index is 1.70. The lowest BCUT2D eigenvalue weighted by atomic mass is 10.1. The number of hydrogen-bond acceptors (Lipinski definition) is 3. The Morgan fingerprint density at radius 1 is 1.20 bits per heavy atom. The van der Waals surface area contributed by atoms with Crippen LogP contribution in [0.15, 0.2) is 46.9 Å². The first kappa shape index (κ1) is 17.2. The van der Waals surface area contributed by atoms with Crippen LogP contribution in [0.4, 0.5) is 11.4 Å². The van der Waals surface area contributed by atoms with Crippen LogP contribution in [0.3, 0.4) is 0 Å². The SMILES string of the molecule is Cc1cc(NC(=O)C[C@H]2NC(=O)c3ccccc3NC2=O)ccc1Br. The summed E-state index contributed by atoms with van der Waals surface area (Å²) in [7, 11) is 0. The van der Waals surface area contributed by atoms with Crippen LogP contribution >= 0.6 is 15.9 Å². The van der Waals surface area contributed by atoms with E-state index in [2.05, 4.69) is 31.9 Å². The first-order chi connectivity index (χ1) is 11.9. The molecule has 128 valence electrons. The fraction of sp³-hybridized carbons (Fsp3) is 0.167. The lowest BCUT2D eigenvalue weighted by Gasteiger charge is -2.14. The number of halogens is 1. The van der Waals surface area contributed by atoms with Crippen LogP contribution in [0.25, 0.3) is 0 Å². The number of fused-ring (bicyclic) bond motifs is 1. The van der Waals surface area contributed by atoms with E-state index < -0.39 is 11.9 Å². The second-order valence-corrected chi connectivity index (χ2v) is 6.63. The van der Waals surface area contributed by atoms with Gasteiger partial charge in [0.05, 0.1) is 17.7 Å². The van der Waals surface area contributed by atoms with Gasteiger partial charge in [-0.1, -0.05) is 28.1 Å². The smallest absolute Gasteiger partial charge is 0.254 e. The normalized spacial score (nSPS) is 16.3. The van der Waals surface area contributed by atoms with Gasteiger partial charge in [0.2, 0.25) is 11.8 Å².